The molecule has 1 aliphatic rings. The third-order valence-corrected chi connectivity index (χ3v) is 7.83. The van der Waals surface area contributed by atoms with Gasteiger partial charge in [-0.1, -0.05) is 41.6 Å². The van der Waals surface area contributed by atoms with E-state index >= 15 is 0 Å². The molecule has 1 aromatic heterocycles. The van der Waals surface area contributed by atoms with E-state index in [1.54, 1.807) is 31.4 Å². The molecule has 5 rings (SSSR count). The Morgan fingerprint density at radius 2 is 1.91 bits per heavy atom. The van der Waals surface area contributed by atoms with Crippen molar-refractivity contribution >= 4 is 23.4 Å². The highest BCUT2D eigenvalue weighted by Crippen LogP contribution is 2.42. The smallest absolute Gasteiger partial charge is 0.173 e. The van der Waals surface area contributed by atoms with E-state index in [1.165, 1.54) is 35.5 Å². The first-order chi connectivity index (χ1) is 17.0. The fourth-order valence-electron chi connectivity index (χ4n) is 4.79. The molecule has 1 unspecified atom stereocenters. The largest absolute Gasteiger partial charge is 0.496 e. The predicted molar refractivity (Wildman–Crippen MR) is 137 cm³/mol. The molecule has 4 aromatic rings. The van der Waals surface area contributed by atoms with Gasteiger partial charge in [-0.15, -0.1) is 0 Å². The highest BCUT2D eigenvalue weighted by atomic mass is 35.5. The van der Waals surface area contributed by atoms with Crippen LogP contribution in [0.25, 0.3) is 5.69 Å². The predicted octanol–water partition coefficient (Wildman–Crippen LogP) is 7.88. The summed E-state index contributed by atoms with van der Waals surface area (Å²) < 4.78 is 35.8. The Morgan fingerprint density at radius 3 is 2.63 bits per heavy atom. The lowest BCUT2D eigenvalue weighted by atomic mass is 9.83. The van der Waals surface area contributed by atoms with Gasteiger partial charge in [-0.2, -0.15) is 0 Å². The molecule has 0 radical (unpaired) electrons. The van der Waals surface area contributed by atoms with Gasteiger partial charge in [0.05, 0.1) is 18.5 Å². The van der Waals surface area contributed by atoms with Crippen molar-refractivity contribution in [3.8, 4) is 11.4 Å². The summed E-state index contributed by atoms with van der Waals surface area (Å²) >= 11 is 7.72. The average Bonchev–Trinajstić information content (AvgIpc) is 3.22. The SMILES string of the molecule is COc1ccc(C2CCCc3nc(SCc4c(F)cccc4Cl)n(-c4ccc(F)cc4)c32)cc1C. The number of aromatic nitrogens is 2. The fraction of sp³-hybridized carbons (Fsp3) is 0.250. The number of methoxy groups -OCH3 is 1. The Balaban J connectivity index is 1.61. The Hall–Kier alpha value is -2.83. The molecule has 1 atom stereocenters. The van der Waals surface area contributed by atoms with Crippen LogP contribution in [0.2, 0.25) is 5.02 Å². The number of fused-ring (bicyclic) bond motifs is 1. The first-order valence-electron chi connectivity index (χ1n) is 11.5. The summed E-state index contributed by atoms with van der Waals surface area (Å²) in [5, 5.41) is 1.15. The second-order valence-electron chi connectivity index (χ2n) is 8.70. The summed E-state index contributed by atoms with van der Waals surface area (Å²) in [4.78, 5) is 5.00. The maximum atomic E-state index is 14.5. The molecule has 0 bridgehead atoms. The summed E-state index contributed by atoms with van der Waals surface area (Å²) in [6.07, 6.45) is 2.87. The Labute approximate surface area is 213 Å². The number of imidazole rings is 1. The van der Waals surface area contributed by atoms with Crippen molar-refractivity contribution in [1.82, 2.24) is 9.55 Å². The van der Waals surface area contributed by atoms with E-state index in [9.17, 15) is 8.78 Å². The van der Waals surface area contributed by atoms with Crippen LogP contribution in [0, 0.1) is 18.6 Å². The number of benzene rings is 3. The van der Waals surface area contributed by atoms with Crippen molar-refractivity contribution in [2.24, 2.45) is 0 Å². The number of hydrogen-bond donors (Lipinski definition) is 0. The lowest BCUT2D eigenvalue weighted by Crippen LogP contribution is -2.15. The Kier molecular flexibility index (Phi) is 6.85. The van der Waals surface area contributed by atoms with Gasteiger partial charge in [-0.3, -0.25) is 4.57 Å². The van der Waals surface area contributed by atoms with Crippen LogP contribution in [0.5, 0.6) is 5.75 Å². The van der Waals surface area contributed by atoms with E-state index in [-0.39, 0.29) is 17.6 Å². The van der Waals surface area contributed by atoms with Crippen molar-refractivity contribution in [3.05, 3.63) is 105 Å². The monoisotopic (exact) mass is 510 g/mol. The van der Waals surface area contributed by atoms with E-state index in [2.05, 4.69) is 16.7 Å². The quantitative estimate of drug-likeness (QED) is 0.247. The Morgan fingerprint density at radius 1 is 1.11 bits per heavy atom. The number of ether oxygens (including phenoxy) is 1. The second kappa shape index (κ2) is 10.0. The fourth-order valence-corrected chi connectivity index (χ4v) is 6.18. The number of nitrogens with zero attached hydrogens (tertiary/aromatic N) is 2. The molecular weight excluding hydrogens is 486 g/mol. The van der Waals surface area contributed by atoms with E-state index in [1.807, 2.05) is 13.0 Å². The van der Waals surface area contributed by atoms with Crippen molar-refractivity contribution in [2.75, 3.05) is 7.11 Å². The minimum Gasteiger partial charge on any atom is -0.496 e. The van der Waals surface area contributed by atoms with Gasteiger partial charge in [0.2, 0.25) is 0 Å². The molecule has 35 heavy (non-hydrogen) atoms. The zero-order valence-electron chi connectivity index (χ0n) is 19.5. The topological polar surface area (TPSA) is 27.1 Å². The summed E-state index contributed by atoms with van der Waals surface area (Å²) in [5.41, 5.74) is 5.69. The summed E-state index contributed by atoms with van der Waals surface area (Å²) in [5.74, 6) is 0.704. The molecule has 0 fully saturated rings. The minimum absolute atomic E-state index is 0.132. The summed E-state index contributed by atoms with van der Waals surface area (Å²) in [7, 11) is 1.68. The number of hydrogen-bond acceptors (Lipinski definition) is 3. The van der Waals surface area contributed by atoms with E-state index < -0.39 is 0 Å². The summed E-state index contributed by atoms with van der Waals surface area (Å²) in [6, 6.07) is 17.5. The molecule has 0 saturated carbocycles. The van der Waals surface area contributed by atoms with Crippen molar-refractivity contribution < 1.29 is 13.5 Å². The Bertz CT molecular complexity index is 1350. The van der Waals surface area contributed by atoms with Gasteiger partial charge in [0.25, 0.3) is 0 Å². The first kappa shape index (κ1) is 23.9. The maximum Gasteiger partial charge on any atom is 0.173 e. The standard InChI is InChI=1S/C28H25ClF2N2OS/c1-17-15-18(9-14-26(17)34-2)21-5-3-8-25-27(21)33(20-12-10-19(30)11-13-20)28(32-25)35-16-22-23(29)6-4-7-24(22)31/h4,6-7,9-15,21H,3,5,8,16H2,1-2H3. The molecule has 0 aliphatic heterocycles. The van der Waals surface area contributed by atoms with Gasteiger partial charge in [-0.05, 0) is 79.8 Å². The zero-order chi connectivity index (χ0) is 24.5. The van der Waals surface area contributed by atoms with E-state index in [0.717, 1.165) is 52.8 Å². The van der Waals surface area contributed by atoms with Crippen LogP contribution in [0.3, 0.4) is 0 Å². The van der Waals surface area contributed by atoms with Gasteiger partial charge < -0.3 is 4.74 Å². The van der Waals surface area contributed by atoms with Crippen LogP contribution >= 0.6 is 23.4 Å². The maximum absolute atomic E-state index is 14.5. The average molecular weight is 511 g/mol. The number of aryl methyl sites for hydroxylation is 2. The molecule has 7 heteroatoms. The molecule has 0 amide bonds. The van der Waals surface area contributed by atoms with Gasteiger partial charge in [0, 0.05) is 27.9 Å². The minimum atomic E-state index is -0.332. The highest BCUT2D eigenvalue weighted by molar-refractivity contribution is 7.98. The molecule has 0 N–H and O–H groups in total. The molecule has 180 valence electrons. The molecule has 0 spiro atoms. The van der Waals surface area contributed by atoms with Crippen molar-refractivity contribution in [2.45, 2.75) is 43.0 Å². The van der Waals surface area contributed by atoms with Crippen LogP contribution in [0.1, 0.15) is 46.8 Å². The van der Waals surface area contributed by atoms with Crippen LogP contribution < -0.4 is 4.74 Å². The molecule has 1 heterocycles. The number of rotatable bonds is 6. The summed E-state index contributed by atoms with van der Waals surface area (Å²) in [6.45, 7) is 2.04. The van der Waals surface area contributed by atoms with Gasteiger partial charge in [0.15, 0.2) is 5.16 Å². The molecule has 1 aliphatic carbocycles. The zero-order valence-corrected chi connectivity index (χ0v) is 21.1. The van der Waals surface area contributed by atoms with E-state index in [4.69, 9.17) is 21.3 Å². The molecule has 3 nitrogen and oxygen atoms in total. The molecular formula is C28H25ClF2N2OS. The van der Waals surface area contributed by atoms with Gasteiger partial charge >= 0.3 is 0 Å². The third kappa shape index (κ3) is 4.69. The van der Waals surface area contributed by atoms with Crippen LogP contribution in [0.15, 0.2) is 65.8 Å². The van der Waals surface area contributed by atoms with Crippen molar-refractivity contribution in [3.63, 3.8) is 0 Å². The second-order valence-corrected chi connectivity index (χ2v) is 10.1. The molecule has 0 saturated heterocycles. The van der Waals surface area contributed by atoms with Crippen molar-refractivity contribution in [1.29, 1.82) is 0 Å². The number of thioether (sulfide) groups is 1. The first-order valence-corrected chi connectivity index (χ1v) is 12.9. The highest BCUT2D eigenvalue weighted by Gasteiger charge is 2.30. The molecule has 3 aromatic carbocycles. The van der Waals surface area contributed by atoms with Gasteiger partial charge in [0.1, 0.15) is 17.4 Å². The normalized spacial score (nSPS) is 15.2. The third-order valence-electron chi connectivity index (χ3n) is 6.51. The van der Waals surface area contributed by atoms with Crippen LogP contribution in [0.4, 0.5) is 8.78 Å². The van der Waals surface area contributed by atoms with Crippen LogP contribution in [-0.4, -0.2) is 16.7 Å². The number of halogens is 3. The van der Waals surface area contributed by atoms with E-state index in [0.29, 0.717) is 16.3 Å². The van der Waals surface area contributed by atoms with Crippen LogP contribution in [-0.2, 0) is 12.2 Å². The lowest BCUT2D eigenvalue weighted by Gasteiger charge is -2.26. The van der Waals surface area contributed by atoms with Gasteiger partial charge in [-0.25, -0.2) is 13.8 Å². The lowest BCUT2D eigenvalue weighted by molar-refractivity contribution is 0.411.